The number of rotatable bonds is 8. The van der Waals surface area contributed by atoms with Crippen molar-refractivity contribution in [3.05, 3.63) is 65.9 Å². The Morgan fingerprint density at radius 1 is 1.10 bits per heavy atom. The van der Waals surface area contributed by atoms with Gasteiger partial charge in [-0.2, -0.15) is 0 Å². The molecule has 0 radical (unpaired) electrons. The normalized spacial score (nSPS) is 13.4. The van der Waals surface area contributed by atoms with Crippen LogP contribution in [0.4, 0.5) is 0 Å². The Morgan fingerprint density at radius 2 is 1.90 bits per heavy atom. The number of fused-ring (bicyclic) bond motifs is 1. The molecular formula is C22H20O7. The number of ketones is 1. The number of hydrogen-bond donors (Lipinski definition) is 0. The summed E-state index contributed by atoms with van der Waals surface area (Å²) in [7, 11) is 3.09. The Kier molecular flexibility index (Phi) is 6.19. The fourth-order valence-corrected chi connectivity index (χ4v) is 2.69. The van der Waals surface area contributed by atoms with Gasteiger partial charge in [0.1, 0.15) is 18.1 Å². The molecule has 1 aliphatic rings. The summed E-state index contributed by atoms with van der Waals surface area (Å²) in [5.41, 5.74) is 1.14. The maximum Gasteiger partial charge on any atom is 0.344 e. The zero-order valence-electron chi connectivity index (χ0n) is 16.1. The van der Waals surface area contributed by atoms with Gasteiger partial charge in [0.25, 0.3) is 0 Å². The number of hydrogen-bond acceptors (Lipinski definition) is 7. The second kappa shape index (κ2) is 8.97. The maximum atomic E-state index is 12.6. The van der Waals surface area contributed by atoms with Gasteiger partial charge >= 0.3 is 5.97 Å². The number of allylic oxidation sites excluding steroid dienone is 1. The first-order chi connectivity index (χ1) is 14.0. The average Bonchev–Trinajstić information content (AvgIpc) is 3.05. The number of Topliss-reactive ketones (excluding diaryl/α,β-unsaturated/α-hetero) is 1. The molecule has 0 bridgehead atoms. The SMILES string of the molecule is C=CCOC(=O)COc1ccc2c(c1)OC(=Cc1ccc(OC)c(OC)c1)C2=O. The molecule has 0 aromatic heterocycles. The summed E-state index contributed by atoms with van der Waals surface area (Å²) in [5, 5.41) is 0. The quantitative estimate of drug-likeness (QED) is 0.384. The second-order valence-corrected chi connectivity index (χ2v) is 5.97. The largest absolute Gasteiger partial charge is 0.493 e. The van der Waals surface area contributed by atoms with E-state index >= 15 is 0 Å². The monoisotopic (exact) mass is 396 g/mol. The van der Waals surface area contributed by atoms with Crippen LogP contribution in [0, 0.1) is 0 Å². The van der Waals surface area contributed by atoms with Crippen LogP contribution in [0.1, 0.15) is 15.9 Å². The molecule has 7 heteroatoms. The zero-order chi connectivity index (χ0) is 20.8. The summed E-state index contributed by atoms with van der Waals surface area (Å²) >= 11 is 0. The van der Waals surface area contributed by atoms with E-state index < -0.39 is 5.97 Å². The molecule has 1 aliphatic heterocycles. The minimum absolute atomic E-state index is 0.119. The Morgan fingerprint density at radius 3 is 2.62 bits per heavy atom. The lowest BCUT2D eigenvalue weighted by atomic mass is 10.1. The summed E-state index contributed by atoms with van der Waals surface area (Å²) in [5.74, 6) is 1.30. The van der Waals surface area contributed by atoms with Crippen LogP contribution >= 0.6 is 0 Å². The molecule has 150 valence electrons. The molecule has 0 saturated carbocycles. The number of ether oxygens (including phenoxy) is 5. The summed E-state index contributed by atoms with van der Waals surface area (Å²) in [6.45, 7) is 3.33. The Bertz CT molecular complexity index is 975. The predicted octanol–water partition coefficient (Wildman–Crippen LogP) is 3.43. The van der Waals surface area contributed by atoms with E-state index in [1.54, 1.807) is 49.6 Å². The molecule has 0 aliphatic carbocycles. The van der Waals surface area contributed by atoms with Crippen LogP contribution in [0.25, 0.3) is 6.08 Å². The predicted molar refractivity (Wildman–Crippen MR) is 106 cm³/mol. The molecule has 1 heterocycles. The van der Waals surface area contributed by atoms with Crippen molar-refractivity contribution in [3.8, 4) is 23.0 Å². The lowest BCUT2D eigenvalue weighted by Gasteiger charge is -2.08. The van der Waals surface area contributed by atoms with Crippen LogP contribution in [0.2, 0.25) is 0 Å². The van der Waals surface area contributed by atoms with Gasteiger partial charge in [0, 0.05) is 6.07 Å². The van der Waals surface area contributed by atoms with E-state index in [-0.39, 0.29) is 24.8 Å². The third-order valence-electron chi connectivity index (χ3n) is 4.07. The van der Waals surface area contributed by atoms with Crippen molar-refractivity contribution in [2.24, 2.45) is 0 Å². The van der Waals surface area contributed by atoms with Crippen molar-refractivity contribution in [1.82, 2.24) is 0 Å². The van der Waals surface area contributed by atoms with E-state index in [4.69, 9.17) is 23.7 Å². The van der Waals surface area contributed by atoms with Crippen molar-refractivity contribution >= 4 is 17.8 Å². The molecule has 7 nitrogen and oxygen atoms in total. The molecule has 3 rings (SSSR count). The first kappa shape index (κ1) is 20.0. The molecule has 0 saturated heterocycles. The van der Waals surface area contributed by atoms with Crippen molar-refractivity contribution in [3.63, 3.8) is 0 Å². The van der Waals surface area contributed by atoms with Gasteiger partial charge in [-0.3, -0.25) is 4.79 Å². The van der Waals surface area contributed by atoms with Crippen LogP contribution < -0.4 is 18.9 Å². The molecule has 0 amide bonds. The zero-order valence-corrected chi connectivity index (χ0v) is 16.1. The first-order valence-corrected chi connectivity index (χ1v) is 8.75. The topological polar surface area (TPSA) is 80.3 Å². The fraction of sp³-hybridized carbons (Fsp3) is 0.182. The molecule has 0 atom stereocenters. The summed E-state index contributed by atoms with van der Waals surface area (Å²) in [6.07, 6.45) is 3.09. The second-order valence-electron chi connectivity index (χ2n) is 5.97. The third-order valence-corrected chi connectivity index (χ3v) is 4.07. The highest BCUT2D eigenvalue weighted by molar-refractivity contribution is 6.14. The van der Waals surface area contributed by atoms with Gasteiger partial charge in [-0.25, -0.2) is 4.79 Å². The van der Waals surface area contributed by atoms with Gasteiger partial charge in [0.05, 0.1) is 19.8 Å². The number of carbonyl (C=O) groups excluding carboxylic acids is 2. The van der Waals surface area contributed by atoms with E-state index in [0.29, 0.717) is 28.6 Å². The highest BCUT2D eigenvalue weighted by Gasteiger charge is 2.28. The number of carbonyl (C=O) groups is 2. The van der Waals surface area contributed by atoms with Gasteiger partial charge in [-0.1, -0.05) is 18.7 Å². The Labute approximate surface area is 168 Å². The fourth-order valence-electron chi connectivity index (χ4n) is 2.69. The maximum absolute atomic E-state index is 12.6. The van der Waals surface area contributed by atoms with Crippen LogP contribution in [0.15, 0.2) is 54.8 Å². The third kappa shape index (κ3) is 4.57. The lowest BCUT2D eigenvalue weighted by molar-refractivity contribution is -0.144. The van der Waals surface area contributed by atoms with Crippen LogP contribution in [-0.2, 0) is 9.53 Å². The number of esters is 1. The Balaban J connectivity index is 1.74. The van der Waals surface area contributed by atoms with Crippen LogP contribution in [0.3, 0.4) is 0 Å². The lowest BCUT2D eigenvalue weighted by Crippen LogP contribution is -2.14. The van der Waals surface area contributed by atoms with E-state index in [1.807, 2.05) is 0 Å². The average molecular weight is 396 g/mol. The highest BCUT2D eigenvalue weighted by Crippen LogP contribution is 2.36. The Hall–Kier alpha value is -3.74. The smallest absolute Gasteiger partial charge is 0.344 e. The van der Waals surface area contributed by atoms with Crippen molar-refractivity contribution in [2.45, 2.75) is 0 Å². The number of methoxy groups -OCH3 is 2. The molecule has 29 heavy (non-hydrogen) atoms. The van der Waals surface area contributed by atoms with E-state index in [1.165, 1.54) is 13.2 Å². The van der Waals surface area contributed by atoms with E-state index in [0.717, 1.165) is 5.56 Å². The minimum atomic E-state index is -0.517. The molecule has 0 N–H and O–H groups in total. The van der Waals surface area contributed by atoms with Crippen molar-refractivity contribution in [2.75, 3.05) is 27.4 Å². The summed E-state index contributed by atoms with van der Waals surface area (Å²) < 4.78 is 26.4. The van der Waals surface area contributed by atoms with E-state index in [9.17, 15) is 9.59 Å². The van der Waals surface area contributed by atoms with Crippen molar-refractivity contribution < 1.29 is 33.3 Å². The molecule has 0 fully saturated rings. The van der Waals surface area contributed by atoms with Crippen LogP contribution in [-0.4, -0.2) is 39.2 Å². The van der Waals surface area contributed by atoms with E-state index in [2.05, 4.69) is 6.58 Å². The van der Waals surface area contributed by atoms with Gasteiger partial charge < -0.3 is 23.7 Å². The van der Waals surface area contributed by atoms with Gasteiger partial charge in [-0.05, 0) is 35.9 Å². The minimum Gasteiger partial charge on any atom is -0.493 e. The molecule has 2 aromatic carbocycles. The first-order valence-electron chi connectivity index (χ1n) is 8.75. The molecule has 0 spiro atoms. The molecular weight excluding hydrogens is 376 g/mol. The van der Waals surface area contributed by atoms with Gasteiger partial charge in [0.15, 0.2) is 23.9 Å². The summed E-state index contributed by atoms with van der Waals surface area (Å²) in [6, 6.07) is 10.0. The van der Waals surface area contributed by atoms with Crippen LogP contribution in [0.5, 0.6) is 23.0 Å². The summed E-state index contributed by atoms with van der Waals surface area (Å²) in [4.78, 5) is 24.1. The van der Waals surface area contributed by atoms with Gasteiger partial charge in [0.2, 0.25) is 5.78 Å². The van der Waals surface area contributed by atoms with Crippen molar-refractivity contribution in [1.29, 1.82) is 0 Å². The number of benzene rings is 2. The highest BCUT2D eigenvalue weighted by atomic mass is 16.6. The standard InChI is InChI=1S/C22H20O7/c1-4-9-27-21(23)13-28-15-6-7-16-18(12-15)29-20(22(16)24)11-14-5-8-17(25-2)19(10-14)26-3/h4-8,10-12H,1,9,13H2,2-3H3. The van der Waals surface area contributed by atoms with Gasteiger partial charge in [-0.15, -0.1) is 0 Å². The molecule has 0 unspecified atom stereocenters. The molecule has 2 aromatic rings.